The van der Waals surface area contributed by atoms with Gasteiger partial charge in [-0.2, -0.15) is 0 Å². The van der Waals surface area contributed by atoms with Crippen LogP contribution >= 0.6 is 15.9 Å². The Labute approximate surface area is 107 Å². The number of rotatable bonds is 2. The molecule has 3 heteroatoms. The third kappa shape index (κ3) is 3.45. The van der Waals surface area contributed by atoms with E-state index in [1.54, 1.807) is 0 Å². The number of likely N-dealkylation sites (tertiary alicyclic amines) is 1. The Bertz CT molecular complexity index is 284. The van der Waals surface area contributed by atoms with Gasteiger partial charge in [0.2, 0.25) is 0 Å². The van der Waals surface area contributed by atoms with Gasteiger partial charge in [-0.25, -0.2) is 0 Å². The molecule has 1 nitrogen and oxygen atoms in total. The molecule has 0 radical (unpaired) electrons. The quantitative estimate of drug-likeness (QED) is 0.759. The van der Waals surface area contributed by atoms with Crippen LogP contribution in [0.5, 0.6) is 0 Å². The summed E-state index contributed by atoms with van der Waals surface area (Å²) in [6, 6.07) is 8.59. The van der Waals surface area contributed by atoms with Crippen LogP contribution in [0.2, 0.25) is 0 Å². The topological polar surface area (TPSA) is 3.24 Å². The average Bonchev–Trinajstić information content (AvgIpc) is 2.57. The summed E-state index contributed by atoms with van der Waals surface area (Å²) in [6.45, 7) is 3.65. The number of benzene rings is 1. The Morgan fingerprint density at radius 1 is 1.21 bits per heavy atom. The van der Waals surface area contributed by atoms with Gasteiger partial charge in [-0.05, 0) is 43.6 Å². The maximum Gasteiger partial charge on any atom is 0.0234 e. The second kappa shape index (κ2) is 6.00. The summed E-state index contributed by atoms with van der Waals surface area (Å²) in [6.07, 6.45) is 2.74. The molecular formula is C11H14BrNZn. The second-order valence-corrected chi connectivity index (χ2v) is 4.53. The Balaban J connectivity index is 0.000000980. The van der Waals surface area contributed by atoms with Crippen molar-refractivity contribution in [1.82, 2.24) is 4.90 Å². The molecule has 0 saturated carbocycles. The molecule has 1 aliphatic rings. The van der Waals surface area contributed by atoms with Gasteiger partial charge in [-0.3, -0.25) is 4.90 Å². The molecule has 0 atom stereocenters. The predicted octanol–water partition coefficient (Wildman–Crippen LogP) is 3.04. The minimum atomic E-state index is 0. The van der Waals surface area contributed by atoms with Crippen LogP contribution in [0.1, 0.15) is 18.4 Å². The largest absolute Gasteiger partial charge is 0.299 e. The summed E-state index contributed by atoms with van der Waals surface area (Å²) >= 11 is 3.49. The van der Waals surface area contributed by atoms with Crippen molar-refractivity contribution >= 4 is 15.9 Å². The Hall–Kier alpha value is 0.283. The van der Waals surface area contributed by atoms with Crippen LogP contribution in [0, 0.1) is 0 Å². The molecule has 1 aromatic rings. The minimum Gasteiger partial charge on any atom is -0.299 e. The van der Waals surface area contributed by atoms with Crippen LogP contribution in [0.3, 0.4) is 0 Å². The zero-order valence-corrected chi connectivity index (χ0v) is 12.9. The van der Waals surface area contributed by atoms with Crippen LogP contribution in [-0.4, -0.2) is 18.0 Å². The van der Waals surface area contributed by atoms with Gasteiger partial charge >= 0.3 is 0 Å². The van der Waals surface area contributed by atoms with Crippen molar-refractivity contribution in [3.05, 3.63) is 34.3 Å². The Morgan fingerprint density at radius 3 is 2.57 bits per heavy atom. The van der Waals surface area contributed by atoms with Gasteiger partial charge in [-0.15, -0.1) is 0 Å². The standard InChI is InChI=1S/C11H14BrN.Zn/c12-11-5-3-4-10(8-11)9-13-6-1-2-7-13;/h3-5,8H,1-2,6-7,9H2;. The second-order valence-electron chi connectivity index (χ2n) is 3.61. The van der Waals surface area contributed by atoms with E-state index in [0.29, 0.717) is 0 Å². The summed E-state index contributed by atoms with van der Waals surface area (Å²) < 4.78 is 1.18. The maximum absolute atomic E-state index is 3.49. The van der Waals surface area contributed by atoms with Gasteiger partial charge in [0.15, 0.2) is 0 Å². The SMILES string of the molecule is Brc1cccc(CN2CCCC2)c1.[Zn]. The van der Waals surface area contributed by atoms with E-state index in [0.717, 1.165) is 6.54 Å². The number of hydrogen-bond acceptors (Lipinski definition) is 1. The normalized spacial score (nSPS) is 16.6. The van der Waals surface area contributed by atoms with E-state index in [4.69, 9.17) is 0 Å². The first-order chi connectivity index (χ1) is 6.34. The Morgan fingerprint density at radius 2 is 1.93 bits per heavy atom. The first-order valence-corrected chi connectivity index (χ1v) is 5.61. The fourth-order valence-electron chi connectivity index (χ4n) is 1.83. The maximum atomic E-state index is 3.49. The minimum absolute atomic E-state index is 0. The summed E-state index contributed by atoms with van der Waals surface area (Å²) in [7, 11) is 0. The molecule has 0 N–H and O–H groups in total. The molecule has 0 aromatic heterocycles. The molecule has 2 rings (SSSR count). The molecule has 1 fully saturated rings. The third-order valence-corrected chi connectivity index (χ3v) is 2.99. The van der Waals surface area contributed by atoms with Crippen LogP contribution in [0.4, 0.5) is 0 Å². The van der Waals surface area contributed by atoms with Crippen molar-refractivity contribution in [2.75, 3.05) is 13.1 Å². The van der Waals surface area contributed by atoms with Crippen molar-refractivity contribution in [2.24, 2.45) is 0 Å². The van der Waals surface area contributed by atoms with E-state index in [9.17, 15) is 0 Å². The first-order valence-electron chi connectivity index (χ1n) is 4.81. The van der Waals surface area contributed by atoms with E-state index in [2.05, 4.69) is 45.1 Å². The van der Waals surface area contributed by atoms with Gasteiger partial charge in [0.25, 0.3) is 0 Å². The summed E-state index contributed by atoms with van der Waals surface area (Å²) in [4.78, 5) is 2.52. The van der Waals surface area contributed by atoms with Crippen molar-refractivity contribution in [3.63, 3.8) is 0 Å². The van der Waals surface area contributed by atoms with Crippen LogP contribution in [0.15, 0.2) is 28.7 Å². The van der Waals surface area contributed by atoms with Crippen molar-refractivity contribution in [2.45, 2.75) is 19.4 Å². The van der Waals surface area contributed by atoms with Gasteiger partial charge in [0.05, 0.1) is 0 Å². The molecule has 0 unspecified atom stereocenters. The monoisotopic (exact) mass is 303 g/mol. The summed E-state index contributed by atoms with van der Waals surface area (Å²) in [5.41, 5.74) is 1.41. The van der Waals surface area contributed by atoms with Crippen molar-refractivity contribution in [3.8, 4) is 0 Å². The van der Waals surface area contributed by atoms with E-state index < -0.39 is 0 Å². The molecular weight excluding hydrogens is 291 g/mol. The molecule has 0 spiro atoms. The summed E-state index contributed by atoms with van der Waals surface area (Å²) in [5, 5.41) is 0. The molecule has 1 heterocycles. The zero-order valence-electron chi connectivity index (χ0n) is 8.38. The smallest absolute Gasteiger partial charge is 0.0234 e. The van der Waals surface area contributed by atoms with Crippen LogP contribution in [0.25, 0.3) is 0 Å². The molecule has 0 amide bonds. The number of halogens is 1. The molecule has 1 saturated heterocycles. The predicted molar refractivity (Wildman–Crippen MR) is 58.7 cm³/mol. The fraction of sp³-hybridized carbons (Fsp3) is 0.455. The van der Waals surface area contributed by atoms with Crippen LogP contribution < -0.4 is 0 Å². The van der Waals surface area contributed by atoms with E-state index in [1.807, 2.05) is 0 Å². The molecule has 1 aromatic carbocycles. The summed E-state index contributed by atoms with van der Waals surface area (Å²) in [5.74, 6) is 0. The fourth-order valence-corrected chi connectivity index (χ4v) is 2.28. The molecule has 72 valence electrons. The molecule has 0 aliphatic carbocycles. The number of hydrogen-bond donors (Lipinski definition) is 0. The number of nitrogens with zero attached hydrogens (tertiary/aromatic N) is 1. The Kier molecular flexibility index (Phi) is 5.29. The van der Waals surface area contributed by atoms with E-state index in [1.165, 1.54) is 36.0 Å². The van der Waals surface area contributed by atoms with Gasteiger partial charge in [0.1, 0.15) is 0 Å². The van der Waals surface area contributed by atoms with E-state index in [-0.39, 0.29) is 19.5 Å². The zero-order chi connectivity index (χ0) is 9.10. The first kappa shape index (κ1) is 12.4. The van der Waals surface area contributed by atoms with Gasteiger partial charge in [0, 0.05) is 30.5 Å². The average molecular weight is 306 g/mol. The van der Waals surface area contributed by atoms with Crippen LogP contribution in [-0.2, 0) is 26.0 Å². The van der Waals surface area contributed by atoms with Gasteiger partial charge < -0.3 is 0 Å². The third-order valence-electron chi connectivity index (χ3n) is 2.49. The van der Waals surface area contributed by atoms with E-state index >= 15 is 0 Å². The van der Waals surface area contributed by atoms with Crippen molar-refractivity contribution in [1.29, 1.82) is 0 Å². The molecule has 1 aliphatic heterocycles. The molecule has 14 heavy (non-hydrogen) atoms. The van der Waals surface area contributed by atoms with Crippen molar-refractivity contribution < 1.29 is 19.5 Å². The molecule has 0 bridgehead atoms. The van der Waals surface area contributed by atoms with Gasteiger partial charge in [-0.1, -0.05) is 28.1 Å².